The number of amides is 1. The molecule has 1 amide bonds. The molecular weight excluding hydrogens is 334 g/mol. The fourth-order valence-corrected chi connectivity index (χ4v) is 2.28. The van der Waals surface area contributed by atoms with Crippen molar-refractivity contribution >= 4 is 23.5 Å². The Labute approximate surface area is 146 Å². The van der Waals surface area contributed by atoms with E-state index < -0.39 is 12.1 Å². The summed E-state index contributed by atoms with van der Waals surface area (Å²) in [4.78, 5) is 24.1. The molecule has 24 heavy (non-hydrogen) atoms. The maximum atomic E-state index is 12.2. The molecule has 0 heterocycles. The lowest BCUT2D eigenvalue weighted by Gasteiger charge is -2.15. The Bertz CT molecular complexity index is 615. The van der Waals surface area contributed by atoms with E-state index in [4.69, 9.17) is 25.8 Å². The Hall–Kier alpha value is -1.95. The van der Waals surface area contributed by atoms with Crippen molar-refractivity contribution in [3.63, 3.8) is 0 Å². The topological polar surface area (TPSA) is 73.9 Å². The van der Waals surface area contributed by atoms with Crippen LogP contribution in [0.25, 0.3) is 0 Å². The first-order valence-corrected chi connectivity index (χ1v) is 8.35. The average molecular weight is 356 g/mol. The number of carbonyl (C=O) groups is 2. The van der Waals surface area contributed by atoms with Crippen LogP contribution in [0, 0.1) is 0 Å². The highest BCUT2D eigenvalue weighted by atomic mass is 35.5. The second kappa shape index (κ2) is 8.24. The highest BCUT2D eigenvalue weighted by molar-refractivity contribution is 6.32. The molecule has 1 fully saturated rings. The van der Waals surface area contributed by atoms with Gasteiger partial charge in [-0.15, -0.1) is 0 Å². The van der Waals surface area contributed by atoms with Gasteiger partial charge in [-0.3, -0.25) is 4.79 Å². The third-order valence-electron chi connectivity index (χ3n) is 3.49. The predicted octanol–water partition coefficient (Wildman–Crippen LogP) is 2.96. The molecule has 0 aliphatic heterocycles. The van der Waals surface area contributed by atoms with Gasteiger partial charge < -0.3 is 19.5 Å². The van der Waals surface area contributed by atoms with Gasteiger partial charge in [0.25, 0.3) is 5.91 Å². The highest BCUT2D eigenvalue weighted by Crippen LogP contribution is 2.36. The number of hydrogen-bond donors (Lipinski definition) is 1. The van der Waals surface area contributed by atoms with E-state index in [0.717, 1.165) is 19.3 Å². The van der Waals surface area contributed by atoms with E-state index in [0.29, 0.717) is 18.1 Å². The molecule has 1 saturated carbocycles. The molecule has 0 bridgehead atoms. The highest BCUT2D eigenvalue weighted by Gasteiger charge is 2.27. The molecule has 2 rings (SSSR count). The van der Waals surface area contributed by atoms with Gasteiger partial charge in [0, 0.05) is 6.04 Å². The molecule has 1 aromatic carbocycles. The van der Waals surface area contributed by atoms with Crippen LogP contribution < -0.4 is 14.8 Å². The third kappa shape index (κ3) is 4.77. The number of rotatable bonds is 8. The summed E-state index contributed by atoms with van der Waals surface area (Å²) in [7, 11) is 1.46. The fraction of sp³-hybridized carbons (Fsp3) is 0.529. The molecule has 1 aliphatic carbocycles. The summed E-state index contributed by atoms with van der Waals surface area (Å²) < 4.78 is 16.0. The zero-order valence-electron chi connectivity index (χ0n) is 14.1. The minimum Gasteiger partial charge on any atom is -0.493 e. The lowest BCUT2D eigenvalue weighted by atomic mass is 10.2. The lowest BCUT2D eigenvalue weighted by Crippen LogP contribution is -2.37. The Balaban J connectivity index is 2.07. The van der Waals surface area contributed by atoms with Crippen LogP contribution in [0.5, 0.6) is 11.5 Å². The first-order valence-electron chi connectivity index (χ1n) is 7.98. The molecule has 1 aliphatic rings. The van der Waals surface area contributed by atoms with E-state index in [9.17, 15) is 9.59 Å². The van der Waals surface area contributed by atoms with Gasteiger partial charge in [0.2, 0.25) is 0 Å². The van der Waals surface area contributed by atoms with Gasteiger partial charge >= 0.3 is 5.97 Å². The van der Waals surface area contributed by atoms with Gasteiger partial charge in [-0.1, -0.05) is 18.5 Å². The normalized spacial score (nSPS) is 14.7. The SMILES string of the molecule is CCCOc1c(Cl)cc(C(=O)O[C@@H](C)C(=O)NC2CC2)cc1OC. The molecular formula is C17H22ClNO5. The summed E-state index contributed by atoms with van der Waals surface area (Å²) in [6.07, 6.45) is 1.88. The summed E-state index contributed by atoms with van der Waals surface area (Å²) >= 11 is 6.18. The van der Waals surface area contributed by atoms with Crippen LogP contribution in [0.2, 0.25) is 5.02 Å². The van der Waals surface area contributed by atoms with Crippen LogP contribution in [0.4, 0.5) is 0 Å². The van der Waals surface area contributed by atoms with Crippen LogP contribution >= 0.6 is 11.6 Å². The largest absolute Gasteiger partial charge is 0.493 e. The van der Waals surface area contributed by atoms with Crippen LogP contribution in [0.15, 0.2) is 12.1 Å². The van der Waals surface area contributed by atoms with Crippen molar-refractivity contribution in [3.8, 4) is 11.5 Å². The number of esters is 1. The molecule has 7 heteroatoms. The van der Waals surface area contributed by atoms with Crippen molar-refractivity contribution in [1.82, 2.24) is 5.32 Å². The van der Waals surface area contributed by atoms with Gasteiger partial charge in [0.05, 0.1) is 24.3 Å². The monoisotopic (exact) mass is 355 g/mol. The Kier molecular flexibility index (Phi) is 6.31. The van der Waals surface area contributed by atoms with E-state index in [-0.39, 0.29) is 22.5 Å². The lowest BCUT2D eigenvalue weighted by molar-refractivity contribution is -0.129. The second-order valence-electron chi connectivity index (χ2n) is 5.67. The first kappa shape index (κ1) is 18.4. The molecule has 132 valence electrons. The standard InChI is InChI=1S/C17H22ClNO5/c1-4-7-23-15-13(18)8-11(9-14(15)22-3)17(21)24-10(2)16(20)19-12-5-6-12/h8-10,12H,4-7H2,1-3H3,(H,19,20)/t10-/m0/s1. The molecule has 0 radical (unpaired) electrons. The van der Waals surface area contributed by atoms with Crippen LogP contribution in [0.1, 0.15) is 43.5 Å². The van der Waals surface area contributed by atoms with Gasteiger partial charge in [-0.05, 0) is 38.3 Å². The number of carbonyl (C=O) groups excluding carboxylic acids is 2. The second-order valence-corrected chi connectivity index (χ2v) is 6.08. The summed E-state index contributed by atoms with van der Waals surface area (Å²) in [6.45, 7) is 3.99. The zero-order chi connectivity index (χ0) is 17.7. The number of ether oxygens (including phenoxy) is 3. The number of halogens is 1. The maximum Gasteiger partial charge on any atom is 0.339 e. The zero-order valence-corrected chi connectivity index (χ0v) is 14.8. The van der Waals surface area contributed by atoms with E-state index in [1.807, 2.05) is 6.92 Å². The quantitative estimate of drug-likeness (QED) is 0.726. The van der Waals surface area contributed by atoms with Crippen LogP contribution in [-0.4, -0.2) is 37.7 Å². The van der Waals surface area contributed by atoms with Crippen molar-refractivity contribution in [2.45, 2.75) is 45.3 Å². The van der Waals surface area contributed by atoms with E-state index in [2.05, 4.69) is 5.32 Å². The molecule has 1 atom stereocenters. The van der Waals surface area contributed by atoms with E-state index in [1.54, 1.807) is 0 Å². The molecule has 1 N–H and O–H groups in total. The van der Waals surface area contributed by atoms with E-state index >= 15 is 0 Å². The summed E-state index contributed by atoms with van der Waals surface area (Å²) in [5, 5.41) is 3.04. The van der Waals surface area contributed by atoms with Gasteiger partial charge in [0.1, 0.15) is 0 Å². The smallest absolute Gasteiger partial charge is 0.339 e. The van der Waals surface area contributed by atoms with Gasteiger partial charge in [-0.2, -0.15) is 0 Å². The van der Waals surface area contributed by atoms with Crippen molar-refractivity contribution in [1.29, 1.82) is 0 Å². The Morgan fingerprint density at radius 3 is 2.67 bits per heavy atom. The molecule has 0 aromatic heterocycles. The van der Waals surface area contributed by atoms with Gasteiger partial charge in [-0.25, -0.2) is 4.79 Å². The summed E-state index contributed by atoms with van der Waals surface area (Å²) in [5.41, 5.74) is 0.201. The number of nitrogens with one attached hydrogen (secondary N) is 1. The Morgan fingerprint density at radius 2 is 2.08 bits per heavy atom. The fourth-order valence-electron chi connectivity index (χ4n) is 2.01. The summed E-state index contributed by atoms with van der Waals surface area (Å²) in [6, 6.07) is 3.15. The van der Waals surface area contributed by atoms with Crippen molar-refractivity contribution in [2.24, 2.45) is 0 Å². The maximum absolute atomic E-state index is 12.2. The molecule has 0 spiro atoms. The van der Waals surface area contributed by atoms with Gasteiger partial charge in [0.15, 0.2) is 17.6 Å². The number of hydrogen-bond acceptors (Lipinski definition) is 5. The number of benzene rings is 1. The molecule has 0 unspecified atom stereocenters. The van der Waals surface area contributed by atoms with Crippen molar-refractivity contribution in [2.75, 3.05) is 13.7 Å². The van der Waals surface area contributed by atoms with Crippen LogP contribution in [-0.2, 0) is 9.53 Å². The average Bonchev–Trinajstić information content (AvgIpc) is 3.36. The summed E-state index contributed by atoms with van der Waals surface area (Å²) in [5.74, 6) is -0.211. The third-order valence-corrected chi connectivity index (χ3v) is 3.77. The molecule has 0 saturated heterocycles. The van der Waals surface area contributed by atoms with E-state index in [1.165, 1.54) is 26.2 Å². The molecule has 1 aromatic rings. The van der Waals surface area contributed by atoms with Crippen LogP contribution in [0.3, 0.4) is 0 Å². The first-order chi connectivity index (χ1) is 11.5. The molecule has 6 nitrogen and oxygen atoms in total. The number of methoxy groups -OCH3 is 1. The predicted molar refractivity (Wildman–Crippen MR) is 89.8 cm³/mol. The van der Waals surface area contributed by atoms with Crippen molar-refractivity contribution in [3.05, 3.63) is 22.7 Å². The Morgan fingerprint density at radius 1 is 1.38 bits per heavy atom. The van der Waals surface area contributed by atoms with Crippen molar-refractivity contribution < 1.29 is 23.8 Å². The minimum absolute atomic E-state index is 0.201. The minimum atomic E-state index is -0.876.